The molecule has 0 aliphatic heterocycles. The van der Waals surface area contributed by atoms with E-state index in [4.69, 9.17) is 0 Å². The first-order chi connectivity index (χ1) is 5.58. The summed E-state index contributed by atoms with van der Waals surface area (Å²) >= 11 is 8.06. The molecule has 0 atom stereocenters. The minimum absolute atomic E-state index is 1.27. The third-order valence-electron chi connectivity index (χ3n) is 1.54. The first-order valence-corrected chi connectivity index (χ1v) is 30.6. The quantitative estimate of drug-likeness (QED) is 0.353. The van der Waals surface area contributed by atoms with E-state index in [1.165, 1.54) is 16.4 Å². The van der Waals surface area contributed by atoms with Crippen LogP contribution in [0.5, 0.6) is 0 Å². The molecule has 1 aromatic rings. The van der Waals surface area contributed by atoms with E-state index in [2.05, 4.69) is 86.2 Å². The minimum atomic E-state index is -1.59. The Balaban J connectivity index is 2.44. The summed E-state index contributed by atoms with van der Waals surface area (Å²) in [5.41, 5.74) is 1.49. The Morgan fingerprint density at radius 3 is 2.08 bits per heavy atom. The maximum absolute atomic E-state index is 2.69. The molecule has 1 aromatic carbocycles. The number of halogens is 3. The molecule has 0 fully saturated rings. The van der Waals surface area contributed by atoms with Gasteiger partial charge in [-0.3, -0.25) is 0 Å². The van der Waals surface area contributed by atoms with Gasteiger partial charge in [0.1, 0.15) is 0 Å². The number of benzene rings is 1. The molecule has 0 saturated carbocycles. The van der Waals surface area contributed by atoms with Crippen molar-refractivity contribution in [2.24, 2.45) is 0 Å². The number of hydrogen-bond acceptors (Lipinski definition) is 0. The van der Waals surface area contributed by atoms with Crippen LogP contribution < -0.4 is 0 Å². The molecule has 0 aliphatic carbocycles. The Kier molecular flexibility index (Phi) is 6.08. The van der Waals surface area contributed by atoms with Crippen molar-refractivity contribution in [3.8, 4) is 0 Å². The van der Waals surface area contributed by atoms with Crippen LogP contribution in [-0.2, 0) is 6.42 Å². The molecule has 0 nitrogen and oxygen atoms in total. The standard InChI is InChI=1S/C8H9.3HI.Sn/c1-2-8-6-4-3-5-7-8;;;;/h3-7H,1-2H2;3*1H;/q;;;;+3/p-3. The fraction of sp³-hybridized carbons (Fsp3) is 0.250. The molecule has 0 heterocycles. The average molecular weight is 605 g/mol. The van der Waals surface area contributed by atoms with E-state index in [9.17, 15) is 0 Å². The zero-order valence-corrected chi connectivity index (χ0v) is 15.8. The summed E-state index contributed by atoms with van der Waals surface area (Å²) in [4.78, 5) is 0. The third-order valence-corrected chi connectivity index (χ3v) is 14.7. The summed E-state index contributed by atoms with van der Waals surface area (Å²) in [5, 5.41) is 0. The summed E-state index contributed by atoms with van der Waals surface area (Å²) < 4.78 is 1.43. The summed E-state index contributed by atoms with van der Waals surface area (Å²) in [6.07, 6.45) is 1.27. The van der Waals surface area contributed by atoms with Gasteiger partial charge >= 0.3 is 109 Å². The molecule has 0 aromatic heterocycles. The topological polar surface area (TPSA) is 0 Å². The Morgan fingerprint density at radius 1 is 1.00 bits per heavy atom. The van der Waals surface area contributed by atoms with Gasteiger partial charge in [-0.15, -0.1) is 0 Å². The molecule has 0 unspecified atom stereocenters. The van der Waals surface area contributed by atoms with Gasteiger partial charge in [0.05, 0.1) is 0 Å². The first-order valence-electron chi connectivity index (χ1n) is 3.68. The first kappa shape index (κ1) is 12.3. The second kappa shape index (κ2) is 5.94. The number of aryl methyl sites for hydroxylation is 1. The van der Waals surface area contributed by atoms with Crippen LogP contribution in [0, 0.1) is 0 Å². The molecule has 12 heavy (non-hydrogen) atoms. The van der Waals surface area contributed by atoms with Gasteiger partial charge in [0.2, 0.25) is 0 Å². The van der Waals surface area contributed by atoms with Crippen molar-refractivity contribution in [2.45, 2.75) is 10.9 Å². The van der Waals surface area contributed by atoms with Gasteiger partial charge in [-0.05, 0) is 0 Å². The molecule has 66 valence electrons. The summed E-state index contributed by atoms with van der Waals surface area (Å²) in [7, 11) is 0. The van der Waals surface area contributed by atoms with Crippen LogP contribution in [-0.4, -0.2) is 6.47 Å². The van der Waals surface area contributed by atoms with Gasteiger partial charge in [-0.25, -0.2) is 0 Å². The molecule has 0 aliphatic rings. The van der Waals surface area contributed by atoms with Crippen LogP contribution in [0.25, 0.3) is 0 Å². The fourth-order valence-corrected chi connectivity index (χ4v) is 7.99. The van der Waals surface area contributed by atoms with E-state index in [0.717, 1.165) is 0 Å². The Hall–Kier alpha value is 2.21. The van der Waals surface area contributed by atoms with E-state index >= 15 is 0 Å². The molecule has 0 spiro atoms. The Labute approximate surface area is 107 Å². The average Bonchev–Trinajstić information content (AvgIpc) is 2.02. The van der Waals surface area contributed by atoms with Crippen LogP contribution in [0.3, 0.4) is 0 Å². The molecular formula is C8H9I3Sn. The number of hydrogen-bond donors (Lipinski definition) is 0. The van der Waals surface area contributed by atoms with Crippen molar-refractivity contribution >= 4 is 62.4 Å². The van der Waals surface area contributed by atoms with E-state index < -0.39 is 6.47 Å². The van der Waals surface area contributed by atoms with Gasteiger partial charge in [-0.1, -0.05) is 0 Å². The van der Waals surface area contributed by atoms with Crippen LogP contribution >= 0.6 is 55.9 Å². The van der Waals surface area contributed by atoms with E-state index in [0.29, 0.717) is 0 Å². The molecule has 0 N–H and O–H groups in total. The van der Waals surface area contributed by atoms with Gasteiger partial charge in [-0.2, -0.15) is 0 Å². The zero-order valence-electron chi connectivity index (χ0n) is 6.43. The van der Waals surface area contributed by atoms with Gasteiger partial charge in [0.25, 0.3) is 0 Å². The predicted octanol–water partition coefficient (Wildman–Crippen LogP) is 4.47. The normalized spacial score (nSPS) is 11.6. The van der Waals surface area contributed by atoms with Gasteiger partial charge in [0.15, 0.2) is 0 Å². The predicted molar refractivity (Wildman–Crippen MR) is 82.8 cm³/mol. The second-order valence-electron chi connectivity index (χ2n) is 2.60. The SMILES string of the molecule is [I][Sn]([I])([I])[CH2]Cc1ccccc1. The van der Waals surface area contributed by atoms with Crippen LogP contribution in [0.1, 0.15) is 5.56 Å². The van der Waals surface area contributed by atoms with Crippen LogP contribution in [0.4, 0.5) is 0 Å². The summed E-state index contributed by atoms with van der Waals surface area (Å²) in [6, 6.07) is 10.8. The van der Waals surface area contributed by atoms with Crippen molar-refractivity contribution in [1.82, 2.24) is 0 Å². The summed E-state index contributed by atoms with van der Waals surface area (Å²) in [6.45, 7) is -1.59. The molecule has 1 rings (SSSR count). The Bertz CT molecular complexity index is 230. The molecule has 0 radical (unpaired) electrons. The van der Waals surface area contributed by atoms with Crippen molar-refractivity contribution in [3.05, 3.63) is 35.9 Å². The van der Waals surface area contributed by atoms with Crippen molar-refractivity contribution in [3.63, 3.8) is 0 Å². The number of rotatable bonds is 3. The molecule has 0 amide bonds. The molecule has 4 heteroatoms. The van der Waals surface area contributed by atoms with Crippen LogP contribution in [0.2, 0.25) is 4.44 Å². The maximum atomic E-state index is 2.69. The van der Waals surface area contributed by atoms with E-state index in [1.807, 2.05) is 0 Å². The second-order valence-corrected chi connectivity index (χ2v) is 86.1. The molecule has 0 bridgehead atoms. The van der Waals surface area contributed by atoms with Crippen molar-refractivity contribution < 1.29 is 0 Å². The van der Waals surface area contributed by atoms with Crippen molar-refractivity contribution in [2.75, 3.05) is 0 Å². The molecule has 0 saturated heterocycles. The zero-order chi connectivity index (χ0) is 9.03. The van der Waals surface area contributed by atoms with Gasteiger partial charge in [0, 0.05) is 0 Å². The van der Waals surface area contributed by atoms with Crippen LogP contribution in [0.15, 0.2) is 30.3 Å². The third kappa shape index (κ3) is 5.84. The monoisotopic (exact) mass is 606 g/mol. The Morgan fingerprint density at radius 2 is 1.58 bits per heavy atom. The van der Waals surface area contributed by atoms with Gasteiger partial charge < -0.3 is 0 Å². The fourth-order valence-electron chi connectivity index (χ4n) is 0.931. The summed E-state index contributed by atoms with van der Waals surface area (Å²) in [5.74, 6) is 0. The van der Waals surface area contributed by atoms with E-state index in [-0.39, 0.29) is 0 Å². The molecular weight excluding hydrogens is 596 g/mol. The van der Waals surface area contributed by atoms with Crippen molar-refractivity contribution in [1.29, 1.82) is 0 Å². The van der Waals surface area contributed by atoms with E-state index in [1.54, 1.807) is 0 Å².